The number of nitrogens with two attached hydrogens (primary N) is 1. The maximum absolute atomic E-state index is 11.2. The molecule has 0 aliphatic carbocycles. The zero-order valence-corrected chi connectivity index (χ0v) is 13.2. The molecule has 0 radical (unpaired) electrons. The van der Waals surface area contributed by atoms with Crippen molar-refractivity contribution in [3.63, 3.8) is 0 Å². The first-order valence-electron chi connectivity index (χ1n) is 6.75. The van der Waals surface area contributed by atoms with Gasteiger partial charge in [-0.2, -0.15) is 0 Å². The number of hydrogen-bond donors (Lipinski definition) is 2. The van der Waals surface area contributed by atoms with Crippen molar-refractivity contribution in [2.45, 2.75) is 33.2 Å². The first kappa shape index (κ1) is 18.7. The quantitative estimate of drug-likeness (QED) is 0.813. The van der Waals surface area contributed by atoms with Crippen molar-refractivity contribution in [3.8, 4) is 5.75 Å². The molecule has 5 heteroatoms. The lowest BCUT2D eigenvalue weighted by atomic mass is 10.1. The summed E-state index contributed by atoms with van der Waals surface area (Å²) in [4.78, 5) is 11.2. The normalized spacial score (nSPS) is 11.7. The van der Waals surface area contributed by atoms with Crippen LogP contribution in [0.4, 0.5) is 0 Å². The molecule has 3 N–H and O–H groups in total. The molecule has 1 aromatic rings. The van der Waals surface area contributed by atoms with Gasteiger partial charge in [0.05, 0.1) is 19.2 Å². The molecule has 0 saturated carbocycles. The van der Waals surface area contributed by atoms with Crippen molar-refractivity contribution >= 4 is 18.3 Å². The number of hydrogen-bond acceptors (Lipinski definition) is 3. The van der Waals surface area contributed by atoms with E-state index in [4.69, 9.17) is 10.5 Å². The van der Waals surface area contributed by atoms with E-state index in [9.17, 15) is 4.79 Å². The molecule has 1 rings (SSSR count). The molecule has 0 saturated heterocycles. The number of rotatable bonds is 7. The maximum atomic E-state index is 11.2. The lowest BCUT2D eigenvalue weighted by Crippen LogP contribution is -2.32. The second-order valence-electron chi connectivity index (χ2n) is 5.09. The number of carbonyl (C=O) groups is 1. The average Bonchev–Trinajstić information content (AvgIpc) is 2.38. The monoisotopic (exact) mass is 300 g/mol. The third-order valence-corrected chi connectivity index (χ3v) is 2.91. The predicted molar refractivity (Wildman–Crippen MR) is 84.3 cm³/mol. The Labute approximate surface area is 127 Å². The number of ether oxygens (including phenoxy) is 1. The van der Waals surface area contributed by atoms with Crippen molar-refractivity contribution in [2.75, 3.05) is 13.2 Å². The van der Waals surface area contributed by atoms with Crippen LogP contribution in [0.1, 0.15) is 38.8 Å². The van der Waals surface area contributed by atoms with Crippen molar-refractivity contribution in [1.29, 1.82) is 0 Å². The van der Waals surface area contributed by atoms with Gasteiger partial charge in [0.1, 0.15) is 5.75 Å². The van der Waals surface area contributed by atoms with Gasteiger partial charge in [0.2, 0.25) is 5.91 Å². The highest BCUT2D eigenvalue weighted by Gasteiger charge is 2.08. The van der Waals surface area contributed by atoms with E-state index in [1.165, 1.54) is 0 Å². The minimum absolute atomic E-state index is 0. The van der Waals surface area contributed by atoms with Gasteiger partial charge in [-0.1, -0.05) is 26.0 Å². The fourth-order valence-electron chi connectivity index (χ4n) is 1.65. The first-order chi connectivity index (χ1) is 9.02. The van der Waals surface area contributed by atoms with E-state index in [1.54, 1.807) is 0 Å². The van der Waals surface area contributed by atoms with Gasteiger partial charge in [0.15, 0.2) is 0 Å². The number of amides is 1. The van der Waals surface area contributed by atoms with Crippen molar-refractivity contribution < 1.29 is 9.53 Å². The predicted octanol–water partition coefficient (Wildman–Crippen LogP) is 2.67. The van der Waals surface area contributed by atoms with Gasteiger partial charge in [0.25, 0.3) is 0 Å². The lowest BCUT2D eigenvalue weighted by molar-refractivity contribution is -0.120. The van der Waals surface area contributed by atoms with E-state index in [-0.39, 0.29) is 30.9 Å². The lowest BCUT2D eigenvalue weighted by Gasteiger charge is -2.14. The maximum Gasteiger partial charge on any atom is 0.234 e. The van der Waals surface area contributed by atoms with E-state index < -0.39 is 0 Å². The van der Waals surface area contributed by atoms with Crippen molar-refractivity contribution in [3.05, 3.63) is 29.8 Å². The summed E-state index contributed by atoms with van der Waals surface area (Å²) >= 11 is 0. The molecule has 0 aromatic heterocycles. The van der Waals surface area contributed by atoms with Gasteiger partial charge in [0, 0.05) is 0 Å². The highest BCUT2D eigenvalue weighted by atomic mass is 35.5. The number of benzene rings is 1. The Balaban J connectivity index is 0.00000361. The summed E-state index contributed by atoms with van der Waals surface area (Å²) in [6.45, 7) is 7.03. The summed E-state index contributed by atoms with van der Waals surface area (Å²) in [6, 6.07) is 7.75. The third kappa shape index (κ3) is 6.78. The highest BCUT2D eigenvalue weighted by Crippen LogP contribution is 2.18. The van der Waals surface area contributed by atoms with Gasteiger partial charge in [-0.05, 0) is 37.0 Å². The number of halogens is 1. The van der Waals surface area contributed by atoms with E-state index in [2.05, 4.69) is 19.2 Å². The molecule has 0 bridgehead atoms. The minimum Gasteiger partial charge on any atom is -0.494 e. The molecule has 0 spiro atoms. The molecule has 20 heavy (non-hydrogen) atoms. The largest absolute Gasteiger partial charge is 0.494 e. The molecule has 1 atom stereocenters. The molecule has 1 amide bonds. The van der Waals surface area contributed by atoms with Crippen LogP contribution in [0, 0.1) is 5.92 Å². The van der Waals surface area contributed by atoms with E-state index in [0.29, 0.717) is 5.92 Å². The van der Waals surface area contributed by atoms with Crippen LogP contribution in [0.15, 0.2) is 24.3 Å². The van der Waals surface area contributed by atoms with Crippen molar-refractivity contribution in [2.24, 2.45) is 11.7 Å². The molecule has 0 aliphatic heterocycles. The van der Waals surface area contributed by atoms with Crippen LogP contribution in [-0.2, 0) is 4.79 Å². The molecule has 114 valence electrons. The summed E-state index contributed by atoms with van der Waals surface area (Å²) in [7, 11) is 0. The second-order valence-corrected chi connectivity index (χ2v) is 5.09. The van der Waals surface area contributed by atoms with Crippen LogP contribution in [0.25, 0.3) is 0 Å². The van der Waals surface area contributed by atoms with Gasteiger partial charge in [-0.15, -0.1) is 12.4 Å². The molecule has 0 fully saturated rings. The van der Waals surface area contributed by atoms with Gasteiger partial charge in [-0.25, -0.2) is 0 Å². The Kier molecular flexibility index (Phi) is 9.01. The number of carbonyl (C=O) groups excluding carboxylic acids is 1. The van der Waals surface area contributed by atoms with Crippen molar-refractivity contribution in [1.82, 2.24) is 5.32 Å². The number of nitrogens with one attached hydrogen (secondary N) is 1. The summed E-state index contributed by atoms with van der Waals surface area (Å²) in [6.07, 6.45) is 1.05. The van der Waals surface area contributed by atoms with Crippen LogP contribution in [0.2, 0.25) is 0 Å². The van der Waals surface area contributed by atoms with Gasteiger partial charge in [-0.3, -0.25) is 4.79 Å². The summed E-state index contributed by atoms with van der Waals surface area (Å²) in [5.41, 5.74) is 6.31. The first-order valence-corrected chi connectivity index (χ1v) is 6.75. The molecule has 1 aromatic carbocycles. The molecule has 0 heterocycles. The molecule has 0 aliphatic rings. The molecular formula is C15H25ClN2O2. The fourth-order valence-corrected chi connectivity index (χ4v) is 1.65. The topological polar surface area (TPSA) is 64.3 Å². The van der Waals surface area contributed by atoms with E-state index in [1.807, 2.05) is 31.2 Å². The third-order valence-electron chi connectivity index (χ3n) is 2.91. The molecule has 4 nitrogen and oxygen atoms in total. The van der Waals surface area contributed by atoms with Crippen LogP contribution in [-0.4, -0.2) is 19.1 Å². The minimum atomic E-state index is -0.148. The van der Waals surface area contributed by atoms with Crippen LogP contribution in [0.5, 0.6) is 5.75 Å². The fraction of sp³-hybridized carbons (Fsp3) is 0.533. The van der Waals surface area contributed by atoms with E-state index in [0.717, 1.165) is 24.3 Å². The average molecular weight is 301 g/mol. The Morgan fingerprint density at radius 1 is 1.25 bits per heavy atom. The highest BCUT2D eigenvalue weighted by molar-refractivity contribution is 5.85. The van der Waals surface area contributed by atoms with Crippen LogP contribution < -0.4 is 15.8 Å². The Hall–Kier alpha value is -1.26. The Morgan fingerprint density at radius 3 is 2.35 bits per heavy atom. The van der Waals surface area contributed by atoms with Crippen LogP contribution >= 0.6 is 12.4 Å². The summed E-state index contributed by atoms with van der Waals surface area (Å²) < 4.78 is 5.65. The molecular weight excluding hydrogens is 276 g/mol. The van der Waals surface area contributed by atoms with Crippen LogP contribution in [0.3, 0.4) is 0 Å². The Bertz CT molecular complexity index is 393. The SMILES string of the molecule is CC(C)CCOc1ccc(C(C)NC(=O)CN)cc1.Cl. The summed E-state index contributed by atoms with van der Waals surface area (Å²) in [5, 5.41) is 2.82. The standard InChI is InChI=1S/C15H24N2O2.ClH/c1-11(2)8-9-19-14-6-4-13(5-7-14)12(3)17-15(18)10-16;/h4-7,11-12H,8-10,16H2,1-3H3,(H,17,18);1H. The van der Waals surface area contributed by atoms with Gasteiger partial charge >= 0.3 is 0 Å². The summed E-state index contributed by atoms with van der Waals surface area (Å²) in [5.74, 6) is 1.36. The Morgan fingerprint density at radius 2 is 1.85 bits per heavy atom. The zero-order chi connectivity index (χ0) is 14.3. The molecule has 1 unspecified atom stereocenters. The second kappa shape index (κ2) is 9.61. The van der Waals surface area contributed by atoms with Gasteiger partial charge < -0.3 is 15.8 Å². The van der Waals surface area contributed by atoms with E-state index >= 15 is 0 Å². The zero-order valence-electron chi connectivity index (χ0n) is 12.4. The smallest absolute Gasteiger partial charge is 0.234 e.